The van der Waals surface area contributed by atoms with Crippen molar-refractivity contribution in [2.24, 2.45) is 5.10 Å². The molecule has 0 atom stereocenters. The number of rotatable bonds is 6. The van der Waals surface area contributed by atoms with Gasteiger partial charge in [-0.25, -0.2) is 9.61 Å². The van der Waals surface area contributed by atoms with Crippen molar-refractivity contribution in [3.8, 4) is 0 Å². The first kappa shape index (κ1) is 19.8. The van der Waals surface area contributed by atoms with E-state index in [-0.39, 0.29) is 22.8 Å². The first-order chi connectivity index (χ1) is 14.5. The molecular weight excluding hydrogens is 524 g/mol. The fourth-order valence-corrected chi connectivity index (χ4v) is 3.05. The molecule has 2 heterocycles. The Labute approximate surface area is 185 Å². The Morgan fingerprint density at radius 2 is 1.73 bits per heavy atom. The van der Waals surface area contributed by atoms with E-state index >= 15 is 0 Å². The van der Waals surface area contributed by atoms with Gasteiger partial charge in [0.1, 0.15) is 0 Å². The fraction of sp³-hybridized carbons (Fsp3) is 0. The van der Waals surface area contributed by atoms with E-state index in [4.69, 9.17) is 0 Å². The molecule has 11 nitrogen and oxygen atoms in total. The van der Waals surface area contributed by atoms with Gasteiger partial charge in [0, 0.05) is 21.8 Å². The molecule has 2 N–H and O–H groups in total. The summed E-state index contributed by atoms with van der Waals surface area (Å²) < 4.78 is 5.98. The van der Waals surface area contributed by atoms with E-state index in [9.17, 15) is 10.1 Å². The van der Waals surface area contributed by atoms with Crippen LogP contribution in [-0.2, 0) is 0 Å². The third-order valence-corrected chi connectivity index (χ3v) is 4.97. The maximum Gasteiger partial charge on any atom is 0.284 e. The van der Waals surface area contributed by atoms with E-state index in [0.717, 1.165) is 10.2 Å². The number of nitrogens with zero attached hydrogens (tertiary/aromatic N) is 6. The minimum atomic E-state index is -0.480. The van der Waals surface area contributed by atoms with E-state index in [1.54, 1.807) is 12.1 Å². The van der Waals surface area contributed by atoms with Crippen LogP contribution >= 0.6 is 31.9 Å². The van der Waals surface area contributed by atoms with E-state index in [1.165, 1.54) is 12.3 Å². The molecule has 2 aromatic heterocycles. The van der Waals surface area contributed by atoms with E-state index in [1.807, 2.05) is 24.3 Å². The van der Waals surface area contributed by atoms with Crippen LogP contribution < -0.4 is 10.7 Å². The second-order valence-corrected chi connectivity index (χ2v) is 7.57. The van der Waals surface area contributed by atoms with Gasteiger partial charge in [-0.15, -0.1) is 0 Å². The minimum Gasteiger partial charge on any atom is -0.337 e. The molecule has 0 saturated carbocycles. The second kappa shape index (κ2) is 8.51. The van der Waals surface area contributed by atoms with Crippen molar-refractivity contribution in [2.75, 3.05) is 10.7 Å². The molecule has 0 aliphatic carbocycles. The van der Waals surface area contributed by atoms with Gasteiger partial charge < -0.3 is 5.32 Å². The van der Waals surface area contributed by atoms with Crippen LogP contribution in [0.2, 0.25) is 0 Å². The Hall–Kier alpha value is -3.45. The molecule has 0 amide bonds. The lowest BCUT2D eigenvalue weighted by atomic mass is 10.2. The third-order valence-electron chi connectivity index (χ3n) is 3.77. The molecule has 0 unspecified atom stereocenters. The number of anilines is 3. The summed E-state index contributed by atoms with van der Waals surface area (Å²) in [4.78, 5) is 19.2. The Morgan fingerprint density at radius 1 is 1.03 bits per heavy atom. The molecule has 0 aliphatic rings. The lowest BCUT2D eigenvalue weighted by molar-refractivity contribution is -0.385. The van der Waals surface area contributed by atoms with Crippen LogP contribution in [0.25, 0.3) is 11.3 Å². The molecule has 0 radical (unpaired) electrons. The standard InChI is InChI=1S/C17H10Br2N8O3/c18-10-2-4-11(5-3-10)21-14-15(23-17-16(22-14)25-30-26-17)24-20-8-9-1-6-12(19)13(7-9)27(28)29/h1-8H,(H,21,22,25)(H,23,24,26)/b20-8-. The molecule has 13 heteroatoms. The molecule has 2 aromatic carbocycles. The van der Waals surface area contributed by atoms with Gasteiger partial charge >= 0.3 is 0 Å². The Morgan fingerprint density at radius 3 is 2.43 bits per heavy atom. The molecule has 4 rings (SSSR count). The SMILES string of the molecule is O=[N+]([O-])c1cc(/C=N\Nc2nc3nonc3nc2Nc2ccc(Br)cc2)ccc1Br. The average molecular weight is 534 g/mol. The van der Waals surface area contributed by atoms with Crippen molar-refractivity contribution in [1.82, 2.24) is 20.3 Å². The number of halogens is 2. The maximum absolute atomic E-state index is 11.1. The van der Waals surface area contributed by atoms with Crippen molar-refractivity contribution in [3.63, 3.8) is 0 Å². The molecule has 0 fully saturated rings. The molecule has 30 heavy (non-hydrogen) atoms. The molecule has 0 spiro atoms. The molecule has 0 bridgehead atoms. The van der Waals surface area contributed by atoms with Crippen LogP contribution in [-0.4, -0.2) is 31.4 Å². The van der Waals surface area contributed by atoms with Crippen molar-refractivity contribution in [1.29, 1.82) is 0 Å². The fourth-order valence-electron chi connectivity index (χ4n) is 2.39. The van der Waals surface area contributed by atoms with Crippen LogP contribution in [0.1, 0.15) is 5.56 Å². The number of benzene rings is 2. The summed E-state index contributed by atoms with van der Waals surface area (Å²) in [7, 11) is 0. The second-order valence-electron chi connectivity index (χ2n) is 5.80. The first-order valence-corrected chi connectivity index (χ1v) is 9.84. The number of nitro benzene ring substituents is 1. The molecule has 4 aromatic rings. The third kappa shape index (κ3) is 4.41. The topological polar surface area (TPSA) is 144 Å². The Bertz CT molecular complexity index is 1260. The van der Waals surface area contributed by atoms with E-state index in [2.05, 4.69) is 72.6 Å². The van der Waals surface area contributed by atoms with Crippen LogP contribution in [0.5, 0.6) is 0 Å². The van der Waals surface area contributed by atoms with Crippen molar-refractivity contribution < 1.29 is 9.55 Å². The normalized spacial score (nSPS) is 11.1. The summed E-state index contributed by atoms with van der Waals surface area (Å²) in [5.41, 5.74) is 4.43. The summed E-state index contributed by atoms with van der Waals surface area (Å²) in [6.45, 7) is 0. The van der Waals surface area contributed by atoms with Crippen molar-refractivity contribution >= 4 is 72.4 Å². The van der Waals surface area contributed by atoms with Crippen LogP contribution in [0.15, 0.2) is 61.1 Å². The highest BCUT2D eigenvalue weighted by Crippen LogP contribution is 2.26. The summed E-state index contributed by atoms with van der Waals surface area (Å²) in [5.74, 6) is 0.614. The number of aromatic nitrogens is 4. The number of nitrogens with one attached hydrogen (secondary N) is 2. The van der Waals surface area contributed by atoms with Crippen LogP contribution in [0.3, 0.4) is 0 Å². The molecule has 0 saturated heterocycles. The largest absolute Gasteiger partial charge is 0.337 e. The number of hydrazone groups is 1. The summed E-state index contributed by atoms with van der Waals surface area (Å²) >= 11 is 6.53. The number of hydrogen-bond acceptors (Lipinski definition) is 10. The zero-order valence-corrected chi connectivity index (χ0v) is 18.0. The van der Waals surface area contributed by atoms with Gasteiger partial charge in [0.25, 0.3) is 5.69 Å². The maximum atomic E-state index is 11.1. The van der Waals surface area contributed by atoms with Crippen molar-refractivity contribution in [3.05, 3.63) is 67.1 Å². The van der Waals surface area contributed by atoms with Gasteiger partial charge in [0.15, 0.2) is 11.6 Å². The Kier molecular flexibility index (Phi) is 5.63. The molecule has 150 valence electrons. The van der Waals surface area contributed by atoms with E-state index in [0.29, 0.717) is 15.9 Å². The van der Waals surface area contributed by atoms with Gasteiger partial charge in [0.2, 0.25) is 11.3 Å². The number of hydrogen-bond donors (Lipinski definition) is 2. The zero-order chi connectivity index (χ0) is 21.1. The quantitative estimate of drug-likeness (QED) is 0.206. The number of fused-ring (bicyclic) bond motifs is 1. The van der Waals surface area contributed by atoms with Gasteiger partial charge in [0.05, 0.1) is 15.6 Å². The minimum absolute atomic E-state index is 0.0635. The van der Waals surface area contributed by atoms with Gasteiger partial charge in [-0.3, -0.25) is 15.5 Å². The molecular formula is C17H10Br2N8O3. The Balaban J connectivity index is 1.61. The van der Waals surface area contributed by atoms with Crippen LogP contribution in [0.4, 0.5) is 23.0 Å². The lowest BCUT2D eigenvalue weighted by Crippen LogP contribution is -2.03. The number of nitro groups is 1. The summed E-state index contributed by atoms with van der Waals surface area (Å²) in [5, 5.41) is 25.7. The average Bonchev–Trinajstić information content (AvgIpc) is 3.18. The predicted octanol–water partition coefficient (Wildman–Crippen LogP) is 4.64. The zero-order valence-electron chi connectivity index (χ0n) is 14.8. The van der Waals surface area contributed by atoms with Gasteiger partial charge in [-0.05, 0) is 56.6 Å². The lowest BCUT2D eigenvalue weighted by Gasteiger charge is -2.09. The highest BCUT2D eigenvalue weighted by atomic mass is 79.9. The smallest absolute Gasteiger partial charge is 0.284 e. The van der Waals surface area contributed by atoms with Crippen molar-refractivity contribution in [2.45, 2.75) is 0 Å². The molecule has 0 aliphatic heterocycles. The predicted molar refractivity (Wildman–Crippen MR) is 117 cm³/mol. The van der Waals surface area contributed by atoms with Crippen LogP contribution in [0, 0.1) is 10.1 Å². The summed E-state index contributed by atoms with van der Waals surface area (Å²) in [6.07, 6.45) is 1.43. The first-order valence-electron chi connectivity index (χ1n) is 8.25. The van der Waals surface area contributed by atoms with Gasteiger partial charge in [-0.1, -0.05) is 22.0 Å². The summed E-state index contributed by atoms with van der Waals surface area (Å²) in [6, 6.07) is 12.1. The van der Waals surface area contributed by atoms with E-state index < -0.39 is 4.92 Å². The van der Waals surface area contributed by atoms with Gasteiger partial charge in [-0.2, -0.15) is 10.1 Å². The highest BCUT2D eigenvalue weighted by molar-refractivity contribution is 9.10. The monoisotopic (exact) mass is 532 g/mol. The highest BCUT2D eigenvalue weighted by Gasteiger charge is 2.14.